The van der Waals surface area contributed by atoms with Crippen molar-refractivity contribution in [1.82, 2.24) is 0 Å². The van der Waals surface area contributed by atoms with E-state index >= 15 is 0 Å². The van der Waals surface area contributed by atoms with E-state index in [9.17, 15) is 0 Å². The van der Waals surface area contributed by atoms with Crippen LogP contribution in [0, 0.1) is 0 Å². The molecule has 0 aromatic heterocycles. The minimum absolute atomic E-state index is 0.515. The fourth-order valence-electron chi connectivity index (χ4n) is 1.66. The highest BCUT2D eigenvalue weighted by molar-refractivity contribution is 4.46. The summed E-state index contributed by atoms with van der Waals surface area (Å²) < 4.78 is 0. The Morgan fingerprint density at radius 3 is 1.56 bits per heavy atom. The van der Waals surface area contributed by atoms with Crippen molar-refractivity contribution in [3.05, 3.63) is 0 Å². The number of hydrogen-bond acceptors (Lipinski definition) is 4. The summed E-state index contributed by atoms with van der Waals surface area (Å²) in [5.41, 5.74) is 0. The highest BCUT2D eigenvalue weighted by Gasteiger charge is 1.94. The average Bonchev–Trinajstić information content (AvgIpc) is 2.39. The van der Waals surface area contributed by atoms with Crippen molar-refractivity contribution in [2.24, 2.45) is 0 Å². The summed E-state index contributed by atoms with van der Waals surface area (Å²) in [6, 6.07) is 0. The van der Waals surface area contributed by atoms with Crippen LogP contribution in [0.5, 0.6) is 0 Å². The van der Waals surface area contributed by atoms with Gasteiger partial charge >= 0.3 is 0 Å². The Kier molecular flexibility index (Phi) is 16.7. The van der Waals surface area contributed by atoms with Gasteiger partial charge in [-0.3, -0.25) is 0 Å². The first kappa shape index (κ1) is 17.8. The van der Waals surface area contributed by atoms with Gasteiger partial charge < -0.3 is 0 Å². The molecular weight excluding hydrogens is 232 g/mol. The molecule has 0 bridgehead atoms. The average molecular weight is 262 g/mol. The van der Waals surface area contributed by atoms with Gasteiger partial charge in [0.05, 0.1) is 13.2 Å². The maximum Gasteiger partial charge on any atom is 0.0854 e. The molecule has 0 saturated heterocycles. The van der Waals surface area contributed by atoms with Crippen LogP contribution >= 0.6 is 0 Å². The number of unbranched alkanes of at least 4 members (excludes halogenated alkanes) is 8. The highest BCUT2D eigenvalue weighted by Crippen LogP contribution is 2.09. The Hall–Kier alpha value is -0.160. The molecule has 0 aromatic carbocycles. The lowest BCUT2D eigenvalue weighted by Gasteiger charge is -2.03. The van der Waals surface area contributed by atoms with E-state index in [1.54, 1.807) is 0 Å². The van der Waals surface area contributed by atoms with E-state index in [1.807, 2.05) is 6.92 Å². The minimum atomic E-state index is 0.515. The van der Waals surface area contributed by atoms with Crippen molar-refractivity contribution >= 4 is 0 Å². The standard InChI is InChI=1S/C14H30O4/c1-3-5-6-7-8-9-10-11-12-14-16-18-17-15-13-4-2/h3-14H2,1-2H3. The molecule has 0 aliphatic rings. The third-order valence-electron chi connectivity index (χ3n) is 2.74. The van der Waals surface area contributed by atoms with Gasteiger partial charge in [-0.25, -0.2) is 9.78 Å². The first-order valence-electron chi connectivity index (χ1n) is 7.49. The smallest absolute Gasteiger partial charge is 0.0854 e. The van der Waals surface area contributed by atoms with Gasteiger partial charge in [0.25, 0.3) is 0 Å². The second kappa shape index (κ2) is 16.8. The van der Waals surface area contributed by atoms with Crippen LogP contribution < -0.4 is 0 Å². The molecule has 0 saturated carbocycles. The first-order valence-corrected chi connectivity index (χ1v) is 7.49. The van der Waals surface area contributed by atoms with Crippen molar-refractivity contribution in [3.63, 3.8) is 0 Å². The zero-order valence-electron chi connectivity index (χ0n) is 12.1. The zero-order valence-corrected chi connectivity index (χ0v) is 12.1. The maximum atomic E-state index is 4.79. The van der Waals surface area contributed by atoms with Gasteiger partial charge in [0.15, 0.2) is 0 Å². The second-order valence-electron chi connectivity index (χ2n) is 4.61. The predicted octanol–water partition coefficient (Wildman–Crippen LogP) is 4.74. The van der Waals surface area contributed by atoms with E-state index < -0.39 is 0 Å². The predicted molar refractivity (Wildman–Crippen MR) is 71.6 cm³/mol. The normalized spacial score (nSPS) is 11.0. The van der Waals surface area contributed by atoms with E-state index in [1.165, 1.54) is 51.4 Å². The lowest BCUT2D eigenvalue weighted by Crippen LogP contribution is -2.00. The highest BCUT2D eigenvalue weighted by atomic mass is 17.7. The molecule has 0 unspecified atom stereocenters. The van der Waals surface area contributed by atoms with Crippen LogP contribution in [0.3, 0.4) is 0 Å². The third-order valence-corrected chi connectivity index (χ3v) is 2.74. The van der Waals surface area contributed by atoms with Gasteiger partial charge in [0.1, 0.15) is 0 Å². The molecule has 0 radical (unpaired) electrons. The van der Waals surface area contributed by atoms with E-state index in [-0.39, 0.29) is 0 Å². The Morgan fingerprint density at radius 1 is 0.500 bits per heavy atom. The SMILES string of the molecule is CCCCCCCCCCCOOOOCCC. The van der Waals surface area contributed by atoms with Gasteiger partial charge in [0.2, 0.25) is 0 Å². The van der Waals surface area contributed by atoms with Crippen molar-refractivity contribution in [2.75, 3.05) is 13.2 Å². The molecule has 4 heteroatoms. The van der Waals surface area contributed by atoms with Gasteiger partial charge in [-0.2, -0.15) is 0 Å². The lowest BCUT2D eigenvalue weighted by atomic mass is 10.1. The fourth-order valence-corrected chi connectivity index (χ4v) is 1.66. The van der Waals surface area contributed by atoms with Gasteiger partial charge in [-0.05, 0) is 22.9 Å². The first-order chi connectivity index (χ1) is 8.91. The molecule has 0 rings (SSSR count). The molecule has 0 aliphatic heterocycles. The van der Waals surface area contributed by atoms with Crippen molar-refractivity contribution in [3.8, 4) is 0 Å². The summed E-state index contributed by atoms with van der Waals surface area (Å²) in [6.45, 7) is 5.32. The molecule has 0 aromatic rings. The molecule has 18 heavy (non-hydrogen) atoms. The van der Waals surface area contributed by atoms with E-state index in [0.717, 1.165) is 12.8 Å². The van der Waals surface area contributed by atoms with Crippen LogP contribution in [-0.2, 0) is 19.9 Å². The molecule has 0 spiro atoms. The van der Waals surface area contributed by atoms with E-state index in [2.05, 4.69) is 21.9 Å². The monoisotopic (exact) mass is 262 g/mol. The zero-order chi connectivity index (χ0) is 13.3. The Labute approximate surface area is 112 Å². The van der Waals surface area contributed by atoms with Gasteiger partial charge in [-0.1, -0.05) is 65.2 Å². The second-order valence-corrected chi connectivity index (χ2v) is 4.61. The quantitative estimate of drug-likeness (QED) is 0.243. The van der Waals surface area contributed by atoms with Crippen LogP contribution in [0.4, 0.5) is 0 Å². The summed E-state index contributed by atoms with van der Waals surface area (Å²) in [5.74, 6) is 0. The molecule has 0 atom stereocenters. The molecule has 4 nitrogen and oxygen atoms in total. The topological polar surface area (TPSA) is 36.9 Å². The summed E-state index contributed by atoms with van der Waals surface area (Å²) >= 11 is 0. The van der Waals surface area contributed by atoms with Crippen LogP contribution in [-0.4, -0.2) is 13.2 Å². The summed E-state index contributed by atoms with van der Waals surface area (Å²) in [4.78, 5) is 9.42. The van der Waals surface area contributed by atoms with Crippen molar-refractivity contribution < 1.29 is 19.9 Å². The van der Waals surface area contributed by atoms with Crippen LogP contribution in [0.15, 0.2) is 0 Å². The number of hydrogen-bond donors (Lipinski definition) is 0. The van der Waals surface area contributed by atoms with Crippen LogP contribution in [0.25, 0.3) is 0 Å². The summed E-state index contributed by atoms with van der Waals surface area (Å²) in [6.07, 6.45) is 12.5. The molecule has 0 heterocycles. The van der Waals surface area contributed by atoms with Gasteiger partial charge in [-0.15, -0.1) is 0 Å². The summed E-state index contributed by atoms with van der Waals surface area (Å²) in [5, 5.41) is 8.72. The Balaban J connectivity index is 2.86. The third kappa shape index (κ3) is 15.8. The molecule has 0 aliphatic carbocycles. The Bertz CT molecular complexity index is 126. The van der Waals surface area contributed by atoms with Crippen molar-refractivity contribution in [2.45, 2.75) is 78.1 Å². The Morgan fingerprint density at radius 2 is 1.00 bits per heavy atom. The van der Waals surface area contributed by atoms with E-state index in [0.29, 0.717) is 13.2 Å². The van der Waals surface area contributed by atoms with E-state index in [4.69, 9.17) is 4.89 Å². The van der Waals surface area contributed by atoms with Crippen molar-refractivity contribution in [1.29, 1.82) is 0 Å². The minimum Gasteiger partial charge on any atom is -0.204 e. The summed E-state index contributed by atoms with van der Waals surface area (Å²) in [7, 11) is 0. The fraction of sp³-hybridized carbons (Fsp3) is 1.00. The molecule has 110 valence electrons. The largest absolute Gasteiger partial charge is 0.204 e. The van der Waals surface area contributed by atoms with Crippen LogP contribution in [0.1, 0.15) is 78.1 Å². The lowest BCUT2D eigenvalue weighted by molar-refractivity contribution is -0.634. The number of rotatable bonds is 15. The molecule has 0 amide bonds. The molecule has 0 fully saturated rings. The molecule has 0 N–H and O–H groups in total. The van der Waals surface area contributed by atoms with Crippen LogP contribution in [0.2, 0.25) is 0 Å². The molecular formula is C14H30O4. The van der Waals surface area contributed by atoms with Gasteiger partial charge in [0, 0.05) is 0 Å². The maximum absolute atomic E-state index is 4.79.